The Labute approximate surface area is 153 Å². The van der Waals surface area contributed by atoms with Crippen LogP contribution in [0.1, 0.15) is 24.2 Å². The van der Waals surface area contributed by atoms with Crippen LogP contribution in [0.15, 0.2) is 34.9 Å². The van der Waals surface area contributed by atoms with Gasteiger partial charge in [-0.3, -0.25) is 0 Å². The number of methoxy groups -OCH3 is 1. The summed E-state index contributed by atoms with van der Waals surface area (Å²) in [6.07, 6.45) is 1.72. The molecule has 3 aromatic rings. The van der Waals surface area contributed by atoms with Gasteiger partial charge in [-0.05, 0) is 41.9 Å². The monoisotopic (exact) mass is 406 g/mol. The van der Waals surface area contributed by atoms with E-state index in [1.54, 1.807) is 19.4 Å². The van der Waals surface area contributed by atoms with Crippen LogP contribution < -0.4 is 10.1 Å². The summed E-state index contributed by atoms with van der Waals surface area (Å²) in [6, 6.07) is 7.69. The minimum Gasteiger partial charge on any atom is -0.495 e. The maximum Gasteiger partial charge on any atom is 0.157 e. The number of ether oxygens (including phenoxy) is 1. The Kier molecular flexibility index (Phi) is 4.87. The lowest BCUT2D eigenvalue weighted by atomic mass is 10.1. The Morgan fingerprint density at radius 3 is 2.79 bits per heavy atom. The Bertz CT molecular complexity index is 903. The zero-order chi connectivity index (χ0) is 17.3. The molecule has 0 radical (unpaired) electrons. The molecule has 0 aliphatic rings. The fraction of sp³-hybridized carbons (Fsp3) is 0.235. The third-order valence-electron chi connectivity index (χ3n) is 3.84. The number of nitrogens with one attached hydrogen (secondary N) is 1. The van der Waals surface area contributed by atoms with Crippen molar-refractivity contribution in [3.63, 3.8) is 0 Å². The molecular formula is C17H16BrClN4O. The average molecular weight is 408 g/mol. The largest absolute Gasteiger partial charge is 0.495 e. The molecule has 3 rings (SSSR count). The van der Waals surface area contributed by atoms with Crippen molar-refractivity contribution in [1.29, 1.82) is 0 Å². The number of hydrogen-bond donors (Lipinski definition) is 1. The predicted octanol–water partition coefficient (Wildman–Crippen LogP) is 4.93. The summed E-state index contributed by atoms with van der Waals surface area (Å²) < 4.78 is 6.41. The maximum atomic E-state index is 6.05. The standard InChI is InChI=1S/C17H16BrClN4O/c1-9(11-5-4-6-14(18)16(11)24-3)21-17-12-7-15(19)20-8-13(12)10(2)22-23-17/h4-9H,1-3H3,(H,21,23). The van der Waals surface area contributed by atoms with Crippen LogP contribution in [0, 0.1) is 6.92 Å². The molecule has 1 unspecified atom stereocenters. The van der Waals surface area contributed by atoms with Gasteiger partial charge in [0.1, 0.15) is 10.9 Å². The molecular weight excluding hydrogens is 392 g/mol. The van der Waals surface area contributed by atoms with Gasteiger partial charge in [-0.1, -0.05) is 23.7 Å². The molecule has 1 atom stereocenters. The first-order chi connectivity index (χ1) is 11.5. The molecule has 2 heterocycles. The number of pyridine rings is 1. The molecule has 0 bridgehead atoms. The maximum absolute atomic E-state index is 6.05. The minimum absolute atomic E-state index is 0.0374. The summed E-state index contributed by atoms with van der Waals surface area (Å²) in [5, 5.41) is 14.1. The van der Waals surface area contributed by atoms with Crippen molar-refractivity contribution in [3.05, 3.63) is 51.3 Å². The molecule has 2 aromatic heterocycles. The number of nitrogens with zero attached hydrogens (tertiary/aromatic N) is 3. The third kappa shape index (κ3) is 3.16. The van der Waals surface area contributed by atoms with Crippen molar-refractivity contribution in [2.45, 2.75) is 19.9 Å². The SMILES string of the molecule is COc1c(Br)cccc1C(C)Nc1nnc(C)c2cnc(Cl)cc12. The van der Waals surface area contributed by atoms with Crippen LogP contribution >= 0.6 is 27.5 Å². The molecule has 0 saturated heterocycles. The Morgan fingerprint density at radius 1 is 1.25 bits per heavy atom. The van der Waals surface area contributed by atoms with Gasteiger partial charge in [0.15, 0.2) is 5.82 Å². The lowest BCUT2D eigenvalue weighted by molar-refractivity contribution is 0.405. The van der Waals surface area contributed by atoms with E-state index in [1.807, 2.05) is 32.0 Å². The van der Waals surface area contributed by atoms with Crippen molar-refractivity contribution < 1.29 is 4.74 Å². The molecule has 124 valence electrons. The van der Waals surface area contributed by atoms with E-state index in [4.69, 9.17) is 16.3 Å². The van der Waals surface area contributed by atoms with Crippen LogP contribution in [0.5, 0.6) is 5.75 Å². The molecule has 0 aliphatic carbocycles. The first-order valence-electron chi connectivity index (χ1n) is 7.38. The second-order valence-corrected chi connectivity index (χ2v) is 6.66. The van der Waals surface area contributed by atoms with E-state index in [2.05, 4.69) is 36.4 Å². The molecule has 5 nitrogen and oxygen atoms in total. The van der Waals surface area contributed by atoms with Gasteiger partial charge in [0, 0.05) is 22.5 Å². The van der Waals surface area contributed by atoms with Gasteiger partial charge in [0.2, 0.25) is 0 Å². The number of benzene rings is 1. The number of halogens is 2. The van der Waals surface area contributed by atoms with E-state index in [0.29, 0.717) is 11.0 Å². The first kappa shape index (κ1) is 16.9. The van der Waals surface area contributed by atoms with Gasteiger partial charge in [0.25, 0.3) is 0 Å². The highest BCUT2D eigenvalue weighted by molar-refractivity contribution is 9.10. The molecule has 0 amide bonds. The molecule has 0 aliphatic heterocycles. The number of anilines is 1. The zero-order valence-electron chi connectivity index (χ0n) is 13.5. The van der Waals surface area contributed by atoms with Crippen molar-refractivity contribution in [1.82, 2.24) is 15.2 Å². The van der Waals surface area contributed by atoms with Crippen LogP contribution in [0.4, 0.5) is 5.82 Å². The summed E-state index contributed by atoms with van der Waals surface area (Å²) in [4.78, 5) is 4.13. The number of fused-ring (bicyclic) bond motifs is 1. The molecule has 1 aromatic carbocycles. The highest BCUT2D eigenvalue weighted by atomic mass is 79.9. The zero-order valence-corrected chi connectivity index (χ0v) is 15.8. The number of para-hydroxylation sites is 1. The summed E-state index contributed by atoms with van der Waals surface area (Å²) in [5.41, 5.74) is 1.83. The van der Waals surface area contributed by atoms with Gasteiger partial charge in [-0.2, -0.15) is 5.10 Å². The molecule has 0 saturated carbocycles. The van der Waals surface area contributed by atoms with Crippen molar-refractivity contribution in [2.24, 2.45) is 0 Å². The topological polar surface area (TPSA) is 59.9 Å². The van der Waals surface area contributed by atoms with Gasteiger partial charge < -0.3 is 10.1 Å². The smallest absolute Gasteiger partial charge is 0.157 e. The quantitative estimate of drug-likeness (QED) is 0.621. The van der Waals surface area contributed by atoms with E-state index in [1.165, 1.54) is 0 Å². The Hall–Kier alpha value is -1.92. The fourth-order valence-electron chi connectivity index (χ4n) is 2.62. The lowest BCUT2D eigenvalue weighted by Crippen LogP contribution is -2.11. The molecule has 1 N–H and O–H groups in total. The van der Waals surface area contributed by atoms with Crippen LogP contribution in [0.2, 0.25) is 5.15 Å². The summed E-state index contributed by atoms with van der Waals surface area (Å²) in [5.74, 6) is 1.45. The second-order valence-electron chi connectivity index (χ2n) is 5.41. The van der Waals surface area contributed by atoms with E-state index in [9.17, 15) is 0 Å². The number of rotatable bonds is 4. The van der Waals surface area contributed by atoms with E-state index >= 15 is 0 Å². The average Bonchev–Trinajstić information content (AvgIpc) is 2.57. The summed E-state index contributed by atoms with van der Waals surface area (Å²) >= 11 is 9.57. The van der Waals surface area contributed by atoms with Crippen LogP contribution in [-0.4, -0.2) is 22.3 Å². The fourth-order valence-corrected chi connectivity index (χ4v) is 3.32. The van der Waals surface area contributed by atoms with Crippen molar-refractivity contribution in [3.8, 4) is 5.75 Å². The Balaban J connectivity index is 2.03. The summed E-state index contributed by atoms with van der Waals surface area (Å²) in [6.45, 7) is 3.94. The number of hydrogen-bond acceptors (Lipinski definition) is 5. The first-order valence-corrected chi connectivity index (χ1v) is 8.56. The summed E-state index contributed by atoms with van der Waals surface area (Å²) in [7, 11) is 1.66. The number of aryl methyl sites for hydroxylation is 1. The van der Waals surface area contributed by atoms with Crippen molar-refractivity contribution in [2.75, 3.05) is 12.4 Å². The Morgan fingerprint density at radius 2 is 2.04 bits per heavy atom. The second kappa shape index (κ2) is 6.91. The highest BCUT2D eigenvalue weighted by Gasteiger charge is 2.16. The molecule has 7 heteroatoms. The van der Waals surface area contributed by atoms with E-state index in [-0.39, 0.29) is 6.04 Å². The van der Waals surface area contributed by atoms with Crippen LogP contribution in [0.3, 0.4) is 0 Å². The molecule has 0 fully saturated rings. The van der Waals surface area contributed by atoms with Gasteiger partial charge >= 0.3 is 0 Å². The van der Waals surface area contributed by atoms with Crippen LogP contribution in [0.25, 0.3) is 10.8 Å². The predicted molar refractivity (Wildman–Crippen MR) is 99.8 cm³/mol. The van der Waals surface area contributed by atoms with Gasteiger partial charge in [-0.15, -0.1) is 5.10 Å². The molecule has 24 heavy (non-hydrogen) atoms. The third-order valence-corrected chi connectivity index (χ3v) is 4.67. The van der Waals surface area contributed by atoms with E-state index in [0.717, 1.165) is 32.3 Å². The lowest BCUT2D eigenvalue weighted by Gasteiger charge is -2.19. The van der Waals surface area contributed by atoms with Gasteiger partial charge in [-0.25, -0.2) is 4.98 Å². The van der Waals surface area contributed by atoms with Gasteiger partial charge in [0.05, 0.1) is 23.3 Å². The normalized spacial score (nSPS) is 12.2. The minimum atomic E-state index is -0.0374. The van der Waals surface area contributed by atoms with Crippen molar-refractivity contribution >= 4 is 44.1 Å². The highest BCUT2D eigenvalue weighted by Crippen LogP contribution is 2.35. The van der Waals surface area contributed by atoms with E-state index < -0.39 is 0 Å². The molecule has 0 spiro atoms. The van der Waals surface area contributed by atoms with Crippen LogP contribution in [-0.2, 0) is 0 Å². The number of aromatic nitrogens is 3.